The molecule has 0 spiro atoms. The van der Waals surface area contributed by atoms with E-state index in [1.165, 1.54) is 4.68 Å². The predicted octanol–water partition coefficient (Wildman–Crippen LogP) is 2.16. The fourth-order valence-electron chi connectivity index (χ4n) is 1.46. The van der Waals surface area contributed by atoms with Gasteiger partial charge in [0.1, 0.15) is 0 Å². The smallest absolute Gasteiger partial charge is 0.388 e. The Kier molecular flexibility index (Phi) is 2.90. The van der Waals surface area contributed by atoms with Crippen molar-refractivity contribution in [3.8, 4) is 11.5 Å². The van der Waals surface area contributed by atoms with Crippen LogP contribution < -0.4 is 5.76 Å². The Balaban J connectivity index is 2.35. The minimum absolute atomic E-state index is 0.367. The minimum atomic E-state index is -0.396. The topological polar surface area (TPSA) is 48.0 Å². The maximum absolute atomic E-state index is 11.5. The van der Waals surface area contributed by atoms with Crippen LogP contribution in [-0.2, 0) is 6.54 Å². The molecule has 0 atom stereocenters. The summed E-state index contributed by atoms with van der Waals surface area (Å²) in [5.74, 6) is 0.352. The zero-order valence-corrected chi connectivity index (χ0v) is 9.38. The van der Waals surface area contributed by atoms with Crippen LogP contribution in [0.3, 0.4) is 0 Å². The molecule has 0 N–H and O–H groups in total. The molecule has 0 aliphatic rings. The minimum Gasteiger partial charge on any atom is -0.388 e. The van der Waals surface area contributed by atoms with E-state index in [1.807, 2.05) is 44.2 Å². The Labute approximate surface area is 93.5 Å². The molecule has 4 heteroatoms. The predicted molar refractivity (Wildman–Crippen MR) is 61.0 cm³/mol. The van der Waals surface area contributed by atoms with Gasteiger partial charge in [-0.2, -0.15) is 4.68 Å². The molecule has 0 aliphatic carbocycles. The van der Waals surface area contributed by atoms with E-state index >= 15 is 0 Å². The molecule has 0 unspecified atom stereocenters. The Hall–Kier alpha value is -1.84. The van der Waals surface area contributed by atoms with Crippen molar-refractivity contribution in [3.05, 3.63) is 40.9 Å². The van der Waals surface area contributed by atoms with Crippen LogP contribution in [0.5, 0.6) is 0 Å². The van der Waals surface area contributed by atoms with Gasteiger partial charge in [-0.25, -0.2) is 4.79 Å². The lowest BCUT2D eigenvalue weighted by molar-refractivity contribution is 0.432. The van der Waals surface area contributed by atoms with E-state index < -0.39 is 5.76 Å². The summed E-state index contributed by atoms with van der Waals surface area (Å²) in [5.41, 5.74) is 0.821. The molecule has 0 saturated carbocycles. The molecular formula is C12H14N2O2. The molecule has 1 aromatic carbocycles. The second kappa shape index (κ2) is 4.35. The number of nitrogens with zero attached hydrogens (tertiary/aromatic N) is 2. The van der Waals surface area contributed by atoms with Crippen molar-refractivity contribution in [2.24, 2.45) is 5.92 Å². The molecule has 2 aromatic rings. The fourth-order valence-corrected chi connectivity index (χ4v) is 1.46. The molecule has 4 nitrogen and oxygen atoms in total. The zero-order valence-electron chi connectivity index (χ0n) is 9.38. The molecule has 1 aromatic heterocycles. The van der Waals surface area contributed by atoms with Gasteiger partial charge in [-0.3, -0.25) is 0 Å². The van der Waals surface area contributed by atoms with E-state index in [2.05, 4.69) is 5.10 Å². The summed E-state index contributed by atoms with van der Waals surface area (Å²) >= 11 is 0. The van der Waals surface area contributed by atoms with Crippen molar-refractivity contribution in [2.45, 2.75) is 20.4 Å². The summed E-state index contributed by atoms with van der Waals surface area (Å²) in [6.45, 7) is 4.64. The monoisotopic (exact) mass is 218 g/mol. The Bertz CT molecular complexity index is 511. The van der Waals surface area contributed by atoms with Crippen molar-refractivity contribution in [3.63, 3.8) is 0 Å². The van der Waals surface area contributed by atoms with Gasteiger partial charge in [-0.1, -0.05) is 32.0 Å². The second-order valence-electron chi connectivity index (χ2n) is 4.12. The van der Waals surface area contributed by atoms with Crippen LogP contribution in [-0.4, -0.2) is 9.78 Å². The molecule has 0 radical (unpaired) electrons. The van der Waals surface area contributed by atoms with Gasteiger partial charge in [0.2, 0.25) is 5.89 Å². The zero-order chi connectivity index (χ0) is 11.5. The van der Waals surface area contributed by atoms with Crippen molar-refractivity contribution >= 4 is 0 Å². The summed E-state index contributed by atoms with van der Waals surface area (Å²) < 4.78 is 6.47. The van der Waals surface area contributed by atoms with E-state index in [0.29, 0.717) is 18.4 Å². The van der Waals surface area contributed by atoms with E-state index in [1.54, 1.807) is 0 Å². The highest BCUT2D eigenvalue weighted by Crippen LogP contribution is 2.14. The highest BCUT2D eigenvalue weighted by Gasteiger charge is 2.10. The quantitative estimate of drug-likeness (QED) is 0.793. The highest BCUT2D eigenvalue weighted by molar-refractivity contribution is 5.51. The third kappa shape index (κ3) is 2.21. The lowest BCUT2D eigenvalue weighted by Gasteiger charge is -2.00. The van der Waals surface area contributed by atoms with E-state index in [4.69, 9.17) is 4.42 Å². The molecule has 0 bridgehead atoms. The van der Waals surface area contributed by atoms with Crippen molar-refractivity contribution in [1.29, 1.82) is 0 Å². The average molecular weight is 218 g/mol. The molecule has 0 aliphatic heterocycles. The van der Waals surface area contributed by atoms with Crippen molar-refractivity contribution in [2.75, 3.05) is 0 Å². The maximum atomic E-state index is 11.5. The van der Waals surface area contributed by atoms with Crippen LogP contribution in [0.15, 0.2) is 39.5 Å². The van der Waals surface area contributed by atoms with Crippen molar-refractivity contribution < 1.29 is 4.42 Å². The fraction of sp³-hybridized carbons (Fsp3) is 0.333. The number of hydrogen-bond acceptors (Lipinski definition) is 3. The SMILES string of the molecule is CC(C)Cn1nc(-c2ccccc2)oc1=O. The summed E-state index contributed by atoms with van der Waals surface area (Å²) in [6, 6.07) is 9.41. The van der Waals surface area contributed by atoms with Crippen LogP contribution in [0.25, 0.3) is 11.5 Å². The lowest BCUT2D eigenvalue weighted by Crippen LogP contribution is -2.18. The Morgan fingerprint density at radius 2 is 2.00 bits per heavy atom. The number of hydrogen-bond donors (Lipinski definition) is 0. The molecule has 0 fully saturated rings. The normalized spacial score (nSPS) is 10.9. The second-order valence-corrected chi connectivity index (χ2v) is 4.12. The first-order chi connectivity index (χ1) is 7.66. The van der Waals surface area contributed by atoms with Crippen LogP contribution in [0, 0.1) is 5.92 Å². The van der Waals surface area contributed by atoms with Crippen molar-refractivity contribution in [1.82, 2.24) is 9.78 Å². The molecule has 2 rings (SSSR count). The van der Waals surface area contributed by atoms with Gasteiger partial charge in [0.25, 0.3) is 0 Å². The lowest BCUT2D eigenvalue weighted by atomic mass is 10.2. The standard InChI is InChI=1S/C12H14N2O2/c1-9(2)8-14-12(15)16-11(13-14)10-6-4-3-5-7-10/h3-7,9H,8H2,1-2H3. The van der Waals surface area contributed by atoms with Crippen LogP contribution in [0.1, 0.15) is 13.8 Å². The van der Waals surface area contributed by atoms with Gasteiger partial charge in [-0.05, 0) is 18.1 Å². The maximum Gasteiger partial charge on any atom is 0.437 e. The summed E-state index contributed by atoms with van der Waals surface area (Å²) in [5, 5.41) is 4.16. The van der Waals surface area contributed by atoms with Gasteiger partial charge in [-0.15, -0.1) is 5.10 Å². The van der Waals surface area contributed by atoms with Crippen LogP contribution in [0.4, 0.5) is 0 Å². The number of aromatic nitrogens is 2. The van der Waals surface area contributed by atoms with Gasteiger partial charge in [0, 0.05) is 5.56 Å². The van der Waals surface area contributed by atoms with Crippen LogP contribution in [0.2, 0.25) is 0 Å². The van der Waals surface area contributed by atoms with Gasteiger partial charge in [0.05, 0.1) is 6.54 Å². The Morgan fingerprint density at radius 1 is 1.31 bits per heavy atom. The molecule has 1 heterocycles. The largest absolute Gasteiger partial charge is 0.437 e. The first kappa shape index (κ1) is 10.7. The summed E-state index contributed by atoms with van der Waals surface area (Å²) in [4.78, 5) is 11.5. The summed E-state index contributed by atoms with van der Waals surface area (Å²) in [7, 11) is 0. The molecule has 16 heavy (non-hydrogen) atoms. The molecule has 0 amide bonds. The number of rotatable bonds is 3. The van der Waals surface area contributed by atoms with E-state index in [-0.39, 0.29) is 0 Å². The van der Waals surface area contributed by atoms with Crippen LogP contribution >= 0.6 is 0 Å². The first-order valence-corrected chi connectivity index (χ1v) is 5.30. The summed E-state index contributed by atoms with van der Waals surface area (Å²) in [6.07, 6.45) is 0. The third-order valence-corrected chi connectivity index (χ3v) is 2.17. The Morgan fingerprint density at radius 3 is 2.62 bits per heavy atom. The van der Waals surface area contributed by atoms with E-state index in [0.717, 1.165) is 5.56 Å². The third-order valence-electron chi connectivity index (χ3n) is 2.17. The average Bonchev–Trinajstić information content (AvgIpc) is 2.61. The van der Waals surface area contributed by atoms with E-state index in [9.17, 15) is 4.79 Å². The number of benzene rings is 1. The molecular weight excluding hydrogens is 204 g/mol. The molecule has 84 valence electrons. The highest BCUT2D eigenvalue weighted by atomic mass is 16.4. The first-order valence-electron chi connectivity index (χ1n) is 5.30. The van der Waals surface area contributed by atoms with Gasteiger partial charge >= 0.3 is 5.76 Å². The van der Waals surface area contributed by atoms with Gasteiger partial charge < -0.3 is 4.42 Å². The molecule has 0 saturated heterocycles. The van der Waals surface area contributed by atoms with Gasteiger partial charge in [0.15, 0.2) is 0 Å².